The van der Waals surface area contributed by atoms with Gasteiger partial charge >= 0.3 is 0 Å². The summed E-state index contributed by atoms with van der Waals surface area (Å²) < 4.78 is 0. The highest BCUT2D eigenvalue weighted by molar-refractivity contribution is 5.97. The van der Waals surface area contributed by atoms with Gasteiger partial charge in [0.2, 0.25) is 0 Å². The molecule has 134 valence electrons. The van der Waals surface area contributed by atoms with Crippen molar-refractivity contribution in [1.29, 1.82) is 0 Å². The van der Waals surface area contributed by atoms with Crippen LogP contribution in [0.1, 0.15) is 49.7 Å². The van der Waals surface area contributed by atoms with Crippen LogP contribution < -0.4 is 0 Å². The van der Waals surface area contributed by atoms with Crippen LogP contribution in [0.15, 0.2) is 36.9 Å². The van der Waals surface area contributed by atoms with Crippen molar-refractivity contribution in [3.05, 3.63) is 59.4 Å². The zero-order chi connectivity index (χ0) is 18.5. The molecule has 0 saturated heterocycles. The van der Waals surface area contributed by atoms with E-state index in [2.05, 4.69) is 69.6 Å². The van der Waals surface area contributed by atoms with E-state index in [-0.39, 0.29) is 0 Å². The highest BCUT2D eigenvalue weighted by Gasteiger charge is 2.30. The number of aromatic nitrogens is 2. The number of hydrogen-bond donors (Lipinski definition) is 1. The molecule has 1 N–H and O–H groups in total. The lowest BCUT2D eigenvalue weighted by Crippen LogP contribution is -2.27. The second-order valence-corrected chi connectivity index (χ2v) is 8.78. The Morgan fingerprint density at radius 3 is 2.73 bits per heavy atom. The summed E-state index contributed by atoms with van der Waals surface area (Å²) in [6.45, 7) is 13.2. The molecule has 0 aliphatic heterocycles. The molecule has 1 aromatic carbocycles. The molecular weight excluding hydrogens is 316 g/mol. The molecule has 2 heteroatoms. The van der Waals surface area contributed by atoms with Gasteiger partial charge in [-0.05, 0) is 60.8 Å². The Kier molecular flexibility index (Phi) is 4.02. The number of fused-ring (bicyclic) bond motifs is 2. The van der Waals surface area contributed by atoms with E-state index in [0.29, 0.717) is 5.41 Å². The Bertz CT molecular complexity index is 985. The Morgan fingerprint density at radius 1 is 1.23 bits per heavy atom. The fraction of sp³-hybridized carbons (Fsp3) is 0.375. The van der Waals surface area contributed by atoms with Crippen molar-refractivity contribution in [1.82, 2.24) is 9.97 Å². The van der Waals surface area contributed by atoms with Crippen LogP contribution in [-0.2, 0) is 12.8 Å². The van der Waals surface area contributed by atoms with Crippen LogP contribution in [0.25, 0.3) is 28.2 Å². The first-order valence-electron chi connectivity index (χ1n) is 9.61. The highest BCUT2D eigenvalue weighted by atomic mass is 14.8. The minimum Gasteiger partial charge on any atom is -0.353 e. The molecular formula is C24H28N2. The molecule has 0 radical (unpaired) electrons. The number of rotatable bonds is 2. The van der Waals surface area contributed by atoms with Crippen LogP contribution in [-0.4, -0.2) is 9.97 Å². The lowest BCUT2D eigenvalue weighted by Gasteiger charge is -2.34. The summed E-state index contributed by atoms with van der Waals surface area (Å²) in [5.41, 5.74) is 9.97. The molecule has 1 atom stereocenters. The highest BCUT2D eigenvalue weighted by Crippen LogP contribution is 2.39. The second-order valence-electron chi connectivity index (χ2n) is 8.78. The normalized spacial score (nSPS) is 17.3. The maximum atomic E-state index is 5.13. The van der Waals surface area contributed by atoms with Gasteiger partial charge < -0.3 is 4.98 Å². The Morgan fingerprint density at radius 2 is 2.04 bits per heavy atom. The van der Waals surface area contributed by atoms with Gasteiger partial charge in [-0.25, -0.2) is 0 Å². The predicted molar refractivity (Wildman–Crippen MR) is 111 cm³/mol. The Labute approximate surface area is 156 Å². The van der Waals surface area contributed by atoms with Gasteiger partial charge in [0, 0.05) is 17.0 Å². The number of aromatic amines is 1. The van der Waals surface area contributed by atoms with Gasteiger partial charge in [-0.1, -0.05) is 57.2 Å². The maximum Gasteiger partial charge on any atom is 0.0967 e. The van der Waals surface area contributed by atoms with Gasteiger partial charge in [-0.2, -0.15) is 0 Å². The molecule has 0 amide bonds. The minimum atomic E-state index is 0.349. The zero-order valence-electron chi connectivity index (χ0n) is 16.3. The van der Waals surface area contributed by atoms with Gasteiger partial charge in [-0.3, -0.25) is 4.98 Å². The van der Waals surface area contributed by atoms with Crippen LogP contribution in [0.3, 0.4) is 0 Å². The second kappa shape index (κ2) is 6.12. The van der Waals surface area contributed by atoms with E-state index in [4.69, 9.17) is 4.98 Å². The third-order valence-electron chi connectivity index (χ3n) is 5.90. The molecule has 2 nitrogen and oxygen atoms in total. The van der Waals surface area contributed by atoms with Crippen molar-refractivity contribution >= 4 is 17.1 Å². The number of aryl methyl sites for hydroxylation is 2. The number of pyridine rings is 1. The molecule has 0 saturated carbocycles. The Hall–Kier alpha value is -2.35. The van der Waals surface area contributed by atoms with E-state index in [1.54, 1.807) is 0 Å². The number of hydrogen-bond acceptors (Lipinski definition) is 1. The van der Waals surface area contributed by atoms with Crippen molar-refractivity contribution in [2.24, 2.45) is 11.3 Å². The van der Waals surface area contributed by atoms with Gasteiger partial charge in [-0.15, -0.1) is 0 Å². The number of nitrogens with one attached hydrogen (secondary N) is 1. The third-order valence-corrected chi connectivity index (χ3v) is 5.90. The summed E-state index contributed by atoms with van der Waals surface area (Å²) in [5, 5.41) is 0. The lowest BCUT2D eigenvalue weighted by molar-refractivity contribution is 0.215. The number of nitrogens with zero attached hydrogens (tertiary/aromatic N) is 1. The summed E-state index contributed by atoms with van der Waals surface area (Å²) in [4.78, 5) is 8.68. The van der Waals surface area contributed by atoms with E-state index in [0.717, 1.165) is 35.5 Å². The molecule has 2 heterocycles. The van der Waals surface area contributed by atoms with E-state index < -0.39 is 0 Å². The first-order valence-corrected chi connectivity index (χ1v) is 9.61. The molecule has 4 rings (SSSR count). The van der Waals surface area contributed by atoms with Crippen LogP contribution in [0.4, 0.5) is 0 Å². The summed E-state index contributed by atoms with van der Waals surface area (Å²) in [6.07, 6.45) is 5.35. The largest absolute Gasteiger partial charge is 0.353 e. The molecule has 0 fully saturated rings. The molecule has 0 bridgehead atoms. The van der Waals surface area contributed by atoms with Gasteiger partial charge in [0.1, 0.15) is 0 Å². The summed E-state index contributed by atoms with van der Waals surface area (Å²) in [5.74, 6) is 0.722. The molecule has 1 aliphatic carbocycles. The van der Waals surface area contributed by atoms with Gasteiger partial charge in [0.05, 0.1) is 11.0 Å². The molecule has 1 aliphatic rings. The van der Waals surface area contributed by atoms with Crippen LogP contribution >= 0.6 is 0 Å². The van der Waals surface area contributed by atoms with Crippen LogP contribution in [0, 0.1) is 18.3 Å². The maximum absolute atomic E-state index is 5.13. The summed E-state index contributed by atoms with van der Waals surface area (Å²) in [6, 6.07) is 11.0. The van der Waals surface area contributed by atoms with Crippen molar-refractivity contribution in [2.45, 2.75) is 47.0 Å². The predicted octanol–water partition coefficient (Wildman–Crippen LogP) is 6.33. The minimum absolute atomic E-state index is 0.349. The smallest absolute Gasteiger partial charge is 0.0967 e. The van der Waals surface area contributed by atoms with Gasteiger partial charge in [0.15, 0.2) is 0 Å². The van der Waals surface area contributed by atoms with Gasteiger partial charge in [0.25, 0.3) is 0 Å². The van der Waals surface area contributed by atoms with Crippen molar-refractivity contribution in [2.75, 3.05) is 0 Å². The average molecular weight is 345 g/mol. The van der Waals surface area contributed by atoms with E-state index in [1.807, 2.05) is 6.08 Å². The molecule has 3 aromatic rings. The zero-order valence-corrected chi connectivity index (χ0v) is 16.3. The Balaban J connectivity index is 1.87. The quantitative estimate of drug-likeness (QED) is 0.578. The number of H-pyrrole nitrogens is 1. The van der Waals surface area contributed by atoms with E-state index in [9.17, 15) is 0 Å². The fourth-order valence-electron chi connectivity index (χ4n) is 4.27. The third kappa shape index (κ3) is 2.88. The van der Waals surface area contributed by atoms with Crippen LogP contribution in [0.2, 0.25) is 0 Å². The average Bonchev–Trinajstić information content (AvgIpc) is 2.95. The fourth-order valence-corrected chi connectivity index (χ4v) is 4.27. The monoisotopic (exact) mass is 344 g/mol. The van der Waals surface area contributed by atoms with E-state index >= 15 is 0 Å². The van der Waals surface area contributed by atoms with E-state index in [1.165, 1.54) is 34.4 Å². The summed E-state index contributed by atoms with van der Waals surface area (Å²) in [7, 11) is 0. The first-order chi connectivity index (χ1) is 12.4. The first kappa shape index (κ1) is 17.1. The van der Waals surface area contributed by atoms with Crippen LogP contribution in [0.5, 0.6) is 0 Å². The summed E-state index contributed by atoms with van der Waals surface area (Å²) >= 11 is 0. The SMILES string of the molecule is C=Cc1[nH]c2cc3c(nc2c1-c1cccc(C)c1)CCC(C(C)(C)C)C3. The molecule has 0 spiro atoms. The van der Waals surface area contributed by atoms with Crippen molar-refractivity contribution < 1.29 is 0 Å². The molecule has 26 heavy (non-hydrogen) atoms. The van der Waals surface area contributed by atoms with Crippen molar-refractivity contribution in [3.8, 4) is 11.1 Å². The number of benzene rings is 1. The molecule has 2 aromatic heterocycles. The topological polar surface area (TPSA) is 28.7 Å². The molecule has 1 unspecified atom stereocenters. The standard InChI is InChI=1S/C24H28N2/c1-6-19-22(16-9-7-8-15(2)12-16)23-21(25-19)14-17-13-18(24(3,4)5)10-11-20(17)26-23/h6-9,12,14,18,25H,1,10-11,13H2,2-5H3. The van der Waals surface area contributed by atoms with Crippen molar-refractivity contribution in [3.63, 3.8) is 0 Å². The lowest BCUT2D eigenvalue weighted by atomic mass is 9.71.